The minimum absolute atomic E-state index is 0.0454. The van der Waals surface area contributed by atoms with E-state index in [4.69, 9.17) is 0 Å². The van der Waals surface area contributed by atoms with E-state index in [0.29, 0.717) is 22.4 Å². The molecule has 0 bridgehead atoms. The summed E-state index contributed by atoms with van der Waals surface area (Å²) >= 11 is 0. The van der Waals surface area contributed by atoms with E-state index in [1.807, 2.05) is 6.07 Å². The van der Waals surface area contributed by atoms with Crippen molar-refractivity contribution < 1.29 is 23.1 Å². The number of alkyl halides is 2. The summed E-state index contributed by atoms with van der Waals surface area (Å²) in [7, 11) is 0. The number of para-hydroxylation sites is 1. The molecule has 0 radical (unpaired) electrons. The van der Waals surface area contributed by atoms with Crippen LogP contribution in [0.25, 0.3) is 0 Å². The minimum Gasteiger partial charge on any atom is -0.435 e. The summed E-state index contributed by atoms with van der Waals surface area (Å²) in [6.45, 7) is -2.70. The first-order valence-corrected chi connectivity index (χ1v) is 8.80. The fourth-order valence-corrected chi connectivity index (χ4v) is 2.64. The van der Waals surface area contributed by atoms with E-state index in [-0.39, 0.29) is 24.1 Å². The lowest BCUT2D eigenvalue weighted by atomic mass is 10.1. The van der Waals surface area contributed by atoms with Gasteiger partial charge in [-0.1, -0.05) is 42.5 Å². The van der Waals surface area contributed by atoms with E-state index >= 15 is 0 Å². The third kappa shape index (κ3) is 5.62. The third-order valence-corrected chi connectivity index (χ3v) is 4.06. The third-order valence-electron chi connectivity index (χ3n) is 4.06. The first kappa shape index (κ1) is 20.0. The number of hydrogen-bond acceptors (Lipinski definition) is 3. The Morgan fingerprint density at radius 2 is 1.48 bits per heavy atom. The van der Waals surface area contributed by atoms with Crippen LogP contribution < -0.4 is 15.4 Å². The van der Waals surface area contributed by atoms with Crippen LogP contribution in [0.15, 0.2) is 78.9 Å². The summed E-state index contributed by atoms with van der Waals surface area (Å²) in [4.78, 5) is 25.0. The lowest BCUT2D eigenvalue weighted by Crippen LogP contribution is -2.24. The van der Waals surface area contributed by atoms with Crippen molar-refractivity contribution in [1.29, 1.82) is 0 Å². The molecule has 5 nitrogen and oxygen atoms in total. The highest BCUT2D eigenvalue weighted by Gasteiger charge is 2.14. The second-order valence-electron chi connectivity index (χ2n) is 6.07. The van der Waals surface area contributed by atoms with Gasteiger partial charge in [-0.3, -0.25) is 9.59 Å². The molecular weight excluding hydrogens is 378 g/mol. The Hall–Kier alpha value is -3.74. The molecule has 0 aromatic heterocycles. The number of carbonyl (C=O) groups excluding carboxylic acids is 2. The van der Waals surface area contributed by atoms with Crippen LogP contribution in [0.4, 0.5) is 14.5 Å². The maximum atomic E-state index is 12.6. The number of nitrogens with one attached hydrogen (secondary N) is 2. The highest BCUT2D eigenvalue weighted by molar-refractivity contribution is 6.08. The zero-order chi connectivity index (χ0) is 20.6. The van der Waals surface area contributed by atoms with Gasteiger partial charge in [-0.25, -0.2) is 0 Å². The van der Waals surface area contributed by atoms with Gasteiger partial charge in [0.15, 0.2) is 0 Å². The number of ether oxygens (including phenoxy) is 1. The van der Waals surface area contributed by atoms with E-state index in [2.05, 4.69) is 15.4 Å². The predicted molar refractivity (Wildman–Crippen MR) is 105 cm³/mol. The van der Waals surface area contributed by atoms with Gasteiger partial charge in [0.25, 0.3) is 11.8 Å². The molecule has 0 atom stereocenters. The monoisotopic (exact) mass is 396 g/mol. The second kappa shape index (κ2) is 9.45. The summed E-state index contributed by atoms with van der Waals surface area (Å²) in [5, 5.41) is 5.49. The minimum atomic E-state index is -2.89. The maximum absolute atomic E-state index is 12.6. The molecule has 0 aliphatic heterocycles. The largest absolute Gasteiger partial charge is 0.435 e. The van der Waals surface area contributed by atoms with E-state index in [1.165, 1.54) is 12.1 Å². The molecule has 0 heterocycles. The van der Waals surface area contributed by atoms with Crippen molar-refractivity contribution in [2.24, 2.45) is 0 Å². The Balaban J connectivity index is 1.64. The van der Waals surface area contributed by atoms with Gasteiger partial charge in [0.2, 0.25) is 0 Å². The van der Waals surface area contributed by atoms with E-state index in [9.17, 15) is 18.4 Å². The molecule has 0 spiro atoms. The van der Waals surface area contributed by atoms with Crippen LogP contribution in [-0.4, -0.2) is 18.4 Å². The Labute approximate surface area is 166 Å². The van der Waals surface area contributed by atoms with Crippen molar-refractivity contribution in [1.82, 2.24) is 5.32 Å². The number of carbonyl (C=O) groups is 2. The molecular formula is C22H18F2N2O3. The number of anilines is 1. The Morgan fingerprint density at radius 3 is 2.17 bits per heavy atom. The Kier molecular flexibility index (Phi) is 6.52. The average molecular weight is 396 g/mol. The molecule has 0 fully saturated rings. The zero-order valence-electron chi connectivity index (χ0n) is 15.3. The molecule has 0 unspecified atom stereocenters. The molecule has 0 saturated heterocycles. The fourth-order valence-electron chi connectivity index (χ4n) is 2.64. The average Bonchev–Trinajstić information content (AvgIpc) is 2.73. The van der Waals surface area contributed by atoms with E-state index < -0.39 is 6.61 Å². The summed E-state index contributed by atoms with van der Waals surface area (Å²) in [6.07, 6.45) is 0. The maximum Gasteiger partial charge on any atom is 0.387 e. The van der Waals surface area contributed by atoms with Gasteiger partial charge in [0, 0.05) is 12.1 Å². The van der Waals surface area contributed by atoms with Gasteiger partial charge in [0.05, 0.1) is 11.3 Å². The summed E-state index contributed by atoms with van der Waals surface area (Å²) < 4.78 is 28.7. The molecule has 3 aromatic rings. The predicted octanol–water partition coefficient (Wildman–Crippen LogP) is 4.47. The summed E-state index contributed by atoms with van der Waals surface area (Å²) in [6, 6.07) is 21.3. The summed E-state index contributed by atoms with van der Waals surface area (Å²) in [5.41, 5.74) is 1.90. The van der Waals surface area contributed by atoms with Crippen LogP contribution in [0.1, 0.15) is 26.3 Å². The number of benzene rings is 3. The molecule has 0 saturated carbocycles. The lowest BCUT2D eigenvalue weighted by Gasteiger charge is -2.12. The van der Waals surface area contributed by atoms with Gasteiger partial charge >= 0.3 is 6.61 Å². The molecule has 2 amide bonds. The normalized spacial score (nSPS) is 10.4. The van der Waals surface area contributed by atoms with E-state index in [1.54, 1.807) is 60.7 Å². The van der Waals surface area contributed by atoms with Gasteiger partial charge in [-0.2, -0.15) is 8.78 Å². The van der Waals surface area contributed by atoms with Crippen LogP contribution in [0.2, 0.25) is 0 Å². The zero-order valence-corrected chi connectivity index (χ0v) is 15.3. The topological polar surface area (TPSA) is 67.4 Å². The Morgan fingerprint density at radius 1 is 0.828 bits per heavy atom. The molecule has 0 aliphatic rings. The highest BCUT2D eigenvalue weighted by Crippen LogP contribution is 2.18. The number of halogens is 2. The molecule has 0 aliphatic carbocycles. The molecule has 29 heavy (non-hydrogen) atoms. The smallest absolute Gasteiger partial charge is 0.387 e. The van der Waals surface area contributed by atoms with E-state index in [0.717, 1.165) is 0 Å². The van der Waals surface area contributed by atoms with Crippen molar-refractivity contribution in [3.8, 4) is 5.75 Å². The van der Waals surface area contributed by atoms with Crippen molar-refractivity contribution >= 4 is 17.5 Å². The molecule has 148 valence electrons. The van der Waals surface area contributed by atoms with Crippen LogP contribution in [0.3, 0.4) is 0 Å². The number of hydrogen-bond donors (Lipinski definition) is 2. The van der Waals surface area contributed by atoms with Gasteiger partial charge < -0.3 is 15.4 Å². The highest BCUT2D eigenvalue weighted by atomic mass is 19.3. The standard InChI is InChI=1S/C22H18F2N2O3/c23-22(24)29-17-12-10-15(11-13-17)14-25-21(28)18-8-4-5-9-19(18)26-20(27)16-6-2-1-3-7-16/h1-13,22H,14H2,(H,25,28)(H,26,27). The quantitative estimate of drug-likeness (QED) is 0.619. The molecule has 7 heteroatoms. The van der Waals surface area contributed by atoms with Crippen LogP contribution >= 0.6 is 0 Å². The first-order valence-electron chi connectivity index (χ1n) is 8.80. The molecule has 3 rings (SSSR count). The van der Waals surface area contributed by atoms with Crippen molar-refractivity contribution in [3.05, 3.63) is 95.6 Å². The van der Waals surface area contributed by atoms with Gasteiger partial charge in [-0.15, -0.1) is 0 Å². The second-order valence-corrected chi connectivity index (χ2v) is 6.07. The van der Waals surface area contributed by atoms with Crippen molar-refractivity contribution in [2.45, 2.75) is 13.2 Å². The number of amides is 2. The Bertz CT molecular complexity index is 977. The lowest BCUT2D eigenvalue weighted by molar-refractivity contribution is -0.0498. The van der Waals surface area contributed by atoms with Crippen LogP contribution in [0, 0.1) is 0 Å². The fraction of sp³-hybridized carbons (Fsp3) is 0.0909. The van der Waals surface area contributed by atoms with Gasteiger partial charge in [-0.05, 0) is 42.0 Å². The molecule has 3 aromatic carbocycles. The van der Waals surface area contributed by atoms with Crippen LogP contribution in [0.5, 0.6) is 5.75 Å². The van der Waals surface area contributed by atoms with Crippen LogP contribution in [-0.2, 0) is 6.54 Å². The summed E-state index contributed by atoms with van der Waals surface area (Å²) in [5.74, 6) is -0.647. The number of rotatable bonds is 7. The first-order chi connectivity index (χ1) is 14.0. The van der Waals surface area contributed by atoms with Crippen molar-refractivity contribution in [2.75, 3.05) is 5.32 Å². The SMILES string of the molecule is O=C(Nc1ccccc1C(=O)NCc1ccc(OC(F)F)cc1)c1ccccc1. The van der Waals surface area contributed by atoms with Gasteiger partial charge in [0.1, 0.15) is 5.75 Å². The van der Waals surface area contributed by atoms with Crippen molar-refractivity contribution in [3.63, 3.8) is 0 Å². The molecule has 2 N–H and O–H groups in total.